The van der Waals surface area contributed by atoms with Gasteiger partial charge in [0.15, 0.2) is 0 Å². The molecule has 0 aromatic carbocycles. The van der Waals surface area contributed by atoms with Crippen molar-refractivity contribution < 1.29 is 5.11 Å². The summed E-state index contributed by atoms with van der Waals surface area (Å²) in [6.07, 6.45) is 6.24. The number of rotatable bonds is 8. The average molecular weight is 242 g/mol. The third-order valence-corrected chi connectivity index (χ3v) is 3.47. The number of hydrogen-bond acceptors (Lipinski definition) is 3. The first kappa shape index (κ1) is 14.9. The van der Waals surface area contributed by atoms with E-state index in [1.807, 2.05) is 0 Å². The van der Waals surface area contributed by atoms with Crippen molar-refractivity contribution in [2.45, 2.75) is 64.5 Å². The molecule has 102 valence electrons. The predicted octanol–water partition coefficient (Wildman–Crippen LogP) is 2.00. The lowest BCUT2D eigenvalue weighted by Crippen LogP contribution is -2.43. The van der Waals surface area contributed by atoms with Gasteiger partial charge in [0.2, 0.25) is 0 Å². The van der Waals surface area contributed by atoms with Gasteiger partial charge in [-0.3, -0.25) is 0 Å². The molecule has 0 heterocycles. The highest BCUT2D eigenvalue weighted by atomic mass is 16.3. The summed E-state index contributed by atoms with van der Waals surface area (Å²) in [5, 5.41) is 12.5. The van der Waals surface area contributed by atoms with E-state index < -0.39 is 0 Å². The van der Waals surface area contributed by atoms with Crippen molar-refractivity contribution in [1.29, 1.82) is 0 Å². The molecule has 0 saturated heterocycles. The predicted molar refractivity (Wildman–Crippen MR) is 73.3 cm³/mol. The lowest BCUT2D eigenvalue weighted by molar-refractivity contribution is 0.114. The molecule has 0 atom stereocenters. The number of hydrogen-bond donors (Lipinski definition) is 2. The number of nitrogens with one attached hydrogen (secondary N) is 1. The summed E-state index contributed by atoms with van der Waals surface area (Å²) in [6.45, 7) is 10.3. The molecule has 0 spiro atoms. The molecule has 0 radical (unpaired) electrons. The standard InChI is InChI=1S/C14H30N2O/c1-14(2,3)15-9-5-10-16(11-6-12-17)13-7-4-8-13/h13,15,17H,4-12H2,1-3H3. The van der Waals surface area contributed by atoms with Gasteiger partial charge in [-0.15, -0.1) is 0 Å². The molecule has 3 heteroatoms. The first-order valence-electron chi connectivity index (χ1n) is 7.13. The second-order valence-corrected chi connectivity index (χ2v) is 6.23. The van der Waals surface area contributed by atoms with Gasteiger partial charge in [0.1, 0.15) is 0 Å². The minimum absolute atomic E-state index is 0.229. The van der Waals surface area contributed by atoms with Crippen molar-refractivity contribution in [2.24, 2.45) is 0 Å². The van der Waals surface area contributed by atoms with Crippen molar-refractivity contribution in [3.63, 3.8) is 0 Å². The molecule has 1 fully saturated rings. The van der Waals surface area contributed by atoms with E-state index in [-0.39, 0.29) is 5.54 Å². The molecule has 0 aliphatic heterocycles. The Hall–Kier alpha value is -0.120. The zero-order valence-electron chi connectivity index (χ0n) is 11.8. The fraction of sp³-hybridized carbons (Fsp3) is 1.00. The molecule has 0 amide bonds. The Morgan fingerprint density at radius 2 is 1.82 bits per heavy atom. The first-order valence-corrected chi connectivity index (χ1v) is 7.13. The van der Waals surface area contributed by atoms with Crippen LogP contribution in [-0.4, -0.2) is 47.8 Å². The summed E-state index contributed by atoms with van der Waals surface area (Å²) in [5.74, 6) is 0. The Balaban J connectivity index is 2.14. The maximum atomic E-state index is 8.93. The van der Waals surface area contributed by atoms with Crippen LogP contribution in [0.4, 0.5) is 0 Å². The zero-order chi connectivity index (χ0) is 12.7. The van der Waals surface area contributed by atoms with Gasteiger partial charge in [-0.25, -0.2) is 0 Å². The van der Waals surface area contributed by atoms with Crippen LogP contribution in [0.3, 0.4) is 0 Å². The highest BCUT2D eigenvalue weighted by molar-refractivity contribution is 4.80. The maximum absolute atomic E-state index is 8.93. The fourth-order valence-corrected chi connectivity index (χ4v) is 2.25. The van der Waals surface area contributed by atoms with Gasteiger partial charge in [-0.05, 0) is 59.5 Å². The molecule has 0 bridgehead atoms. The number of aliphatic hydroxyl groups excluding tert-OH is 1. The molecule has 0 aromatic rings. The van der Waals surface area contributed by atoms with Crippen LogP contribution in [-0.2, 0) is 0 Å². The van der Waals surface area contributed by atoms with E-state index in [0.717, 1.165) is 25.6 Å². The Morgan fingerprint density at radius 3 is 2.29 bits per heavy atom. The third-order valence-electron chi connectivity index (χ3n) is 3.47. The van der Waals surface area contributed by atoms with Gasteiger partial charge in [-0.2, -0.15) is 0 Å². The van der Waals surface area contributed by atoms with E-state index in [2.05, 4.69) is 31.0 Å². The van der Waals surface area contributed by atoms with Crippen LogP contribution < -0.4 is 5.32 Å². The Morgan fingerprint density at radius 1 is 1.18 bits per heavy atom. The Labute approximate surface area is 107 Å². The van der Waals surface area contributed by atoms with Gasteiger partial charge in [0.05, 0.1) is 0 Å². The topological polar surface area (TPSA) is 35.5 Å². The first-order chi connectivity index (χ1) is 8.03. The van der Waals surface area contributed by atoms with Crippen molar-refractivity contribution in [3.05, 3.63) is 0 Å². The van der Waals surface area contributed by atoms with Crippen molar-refractivity contribution in [1.82, 2.24) is 10.2 Å². The molecule has 1 aliphatic rings. The lowest BCUT2D eigenvalue weighted by Gasteiger charge is -2.37. The molecule has 1 rings (SSSR count). The van der Waals surface area contributed by atoms with Gasteiger partial charge in [0, 0.05) is 24.7 Å². The largest absolute Gasteiger partial charge is 0.396 e. The van der Waals surface area contributed by atoms with E-state index in [4.69, 9.17) is 5.11 Å². The van der Waals surface area contributed by atoms with Gasteiger partial charge >= 0.3 is 0 Å². The summed E-state index contributed by atoms with van der Waals surface area (Å²) < 4.78 is 0. The summed E-state index contributed by atoms with van der Waals surface area (Å²) >= 11 is 0. The summed E-state index contributed by atoms with van der Waals surface area (Å²) in [5.41, 5.74) is 0.229. The molecular formula is C14H30N2O. The molecule has 17 heavy (non-hydrogen) atoms. The quantitative estimate of drug-likeness (QED) is 0.639. The van der Waals surface area contributed by atoms with Crippen LogP contribution in [0.2, 0.25) is 0 Å². The van der Waals surface area contributed by atoms with Crippen LogP contribution in [0.1, 0.15) is 52.9 Å². The van der Waals surface area contributed by atoms with E-state index in [9.17, 15) is 0 Å². The molecule has 3 nitrogen and oxygen atoms in total. The van der Waals surface area contributed by atoms with E-state index >= 15 is 0 Å². The van der Waals surface area contributed by atoms with Crippen molar-refractivity contribution in [2.75, 3.05) is 26.2 Å². The minimum Gasteiger partial charge on any atom is -0.396 e. The van der Waals surface area contributed by atoms with Crippen LogP contribution in [0.5, 0.6) is 0 Å². The highest BCUT2D eigenvalue weighted by Crippen LogP contribution is 2.24. The number of nitrogens with zero attached hydrogens (tertiary/aromatic N) is 1. The fourth-order valence-electron chi connectivity index (χ4n) is 2.25. The Bertz CT molecular complexity index is 197. The molecule has 2 N–H and O–H groups in total. The second-order valence-electron chi connectivity index (χ2n) is 6.23. The minimum atomic E-state index is 0.229. The van der Waals surface area contributed by atoms with Crippen LogP contribution in [0.25, 0.3) is 0 Å². The maximum Gasteiger partial charge on any atom is 0.0443 e. The molecule has 0 unspecified atom stereocenters. The van der Waals surface area contributed by atoms with Gasteiger partial charge in [0.25, 0.3) is 0 Å². The van der Waals surface area contributed by atoms with Gasteiger partial charge < -0.3 is 15.3 Å². The zero-order valence-corrected chi connectivity index (χ0v) is 11.8. The van der Waals surface area contributed by atoms with Crippen LogP contribution >= 0.6 is 0 Å². The Kier molecular flexibility index (Phi) is 6.45. The van der Waals surface area contributed by atoms with Crippen LogP contribution in [0.15, 0.2) is 0 Å². The highest BCUT2D eigenvalue weighted by Gasteiger charge is 2.23. The summed E-state index contributed by atoms with van der Waals surface area (Å²) in [4.78, 5) is 2.57. The summed E-state index contributed by atoms with van der Waals surface area (Å²) in [6, 6.07) is 0.802. The normalized spacial score (nSPS) is 17.5. The SMILES string of the molecule is CC(C)(C)NCCCN(CCCO)C1CCC1. The van der Waals surface area contributed by atoms with Gasteiger partial charge in [-0.1, -0.05) is 6.42 Å². The van der Waals surface area contributed by atoms with Crippen molar-refractivity contribution >= 4 is 0 Å². The molecular weight excluding hydrogens is 212 g/mol. The molecule has 1 aliphatic carbocycles. The summed E-state index contributed by atoms with van der Waals surface area (Å²) in [7, 11) is 0. The van der Waals surface area contributed by atoms with E-state index in [1.165, 1.54) is 32.2 Å². The van der Waals surface area contributed by atoms with Crippen molar-refractivity contribution in [3.8, 4) is 0 Å². The van der Waals surface area contributed by atoms with E-state index in [0.29, 0.717) is 6.61 Å². The van der Waals surface area contributed by atoms with E-state index in [1.54, 1.807) is 0 Å². The third kappa shape index (κ3) is 6.39. The average Bonchev–Trinajstić information content (AvgIpc) is 2.16. The smallest absolute Gasteiger partial charge is 0.0443 e. The van der Waals surface area contributed by atoms with Crippen LogP contribution in [0, 0.1) is 0 Å². The molecule has 0 aromatic heterocycles. The monoisotopic (exact) mass is 242 g/mol. The number of aliphatic hydroxyl groups is 1. The lowest BCUT2D eigenvalue weighted by atomic mass is 9.91. The second kappa shape index (κ2) is 7.34. The molecule has 1 saturated carbocycles.